The van der Waals surface area contributed by atoms with Crippen LogP contribution < -0.4 is 5.32 Å². The highest BCUT2D eigenvalue weighted by Crippen LogP contribution is 2.14. The summed E-state index contributed by atoms with van der Waals surface area (Å²) in [6.07, 6.45) is -1.72. The number of rotatable bonds is 3. The third-order valence-electron chi connectivity index (χ3n) is 3.07. The molecule has 0 spiro atoms. The van der Waals surface area contributed by atoms with E-state index in [1.165, 1.54) is 6.07 Å². The lowest BCUT2D eigenvalue weighted by atomic mass is 10.2. The van der Waals surface area contributed by atoms with Gasteiger partial charge in [-0.2, -0.15) is 0 Å². The highest BCUT2D eigenvalue weighted by Gasteiger charge is 2.30. The Morgan fingerprint density at radius 1 is 1.25 bits per heavy atom. The molecule has 1 aromatic carbocycles. The Labute approximate surface area is 121 Å². The number of aliphatic hydroxyl groups is 2. The molecule has 20 heavy (non-hydrogen) atoms. The number of aliphatic hydroxyl groups excluding tert-OH is 2. The molecule has 0 saturated carbocycles. The molecule has 1 aliphatic rings. The zero-order chi connectivity index (χ0) is 14.7. The first kappa shape index (κ1) is 14.9. The summed E-state index contributed by atoms with van der Waals surface area (Å²) < 4.78 is 0. The fourth-order valence-corrected chi connectivity index (χ4v) is 2.28. The van der Waals surface area contributed by atoms with Gasteiger partial charge in [-0.3, -0.25) is 19.8 Å². The highest BCUT2D eigenvalue weighted by molar-refractivity contribution is 6.34. The molecule has 2 unspecified atom stereocenters. The van der Waals surface area contributed by atoms with E-state index in [0.717, 1.165) is 0 Å². The van der Waals surface area contributed by atoms with Crippen LogP contribution >= 0.6 is 11.6 Å². The van der Waals surface area contributed by atoms with Crippen molar-refractivity contribution in [3.63, 3.8) is 0 Å². The van der Waals surface area contributed by atoms with Gasteiger partial charge in [0.25, 0.3) is 5.91 Å². The minimum absolute atomic E-state index is 0.0652. The summed E-state index contributed by atoms with van der Waals surface area (Å²) in [5.74, 6) is -1.07. The zero-order valence-electron chi connectivity index (χ0n) is 10.6. The Kier molecular flexibility index (Phi) is 4.72. The van der Waals surface area contributed by atoms with Gasteiger partial charge < -0.3 is 10.2 Å². The monoisotopic (exact) mass is 298 g/mol. The molecule has 0 aliphatic carbocycles. The van der Waals surface area contributed by atoms with Crippen LogP contribution in [0.15, 0.2) is 24.3 Å². The number of hydrogen-bond acceptors (Lipinski definition) is 5. The summed E-state index contributed by atoms with van der Waals surface area (Å²) in [4.78, 5) is 25.1. The Balaban J connectivity index is 1.89. The molecule has 0 radical (unpaired) electrons. The molecule has 1 aliphatic heterocycles. The van der Waals surface area contributed by atoms with Gasteiger partial charge in [-0.1, -0.05) is 23.7 Å². The topological polar surface area (TPSA) is 89.9 Å². The van der Waals surface area contributed by atoms with Crippen molar-refractivity contribution < 1.29 is 19.8 Å². The normalized spacial score (nSPS) is 22.8. The number of nitrogens with zero attached hydrogens (tertiary/aromatic N) is 1. The van der Waals surface area contributed by atoms with Gasteiger partial charge >= 0.3 is 0 Å². The molecule has 1 aromatic rings. The predicted octanol–water partition coefficient (Wildman–Crippen LogP) is -0.366. The van der Waals surface area contributed by atoms with Gasteiger partial charge in [-0.25, -0.2) is 0 Å². The van der Waals surface area contributed by atoms with Crippen molar-refractivity contribution in [3.05, 3.63) is 34.9 Å². The summed E-state index contributed by atoms with van der Waals surface area (Å²) in [6.45, 7) is 0.341. The molecule has 2 rings (SSSR count). The Bertz CT molecular complexity index is 513. The second-order valence-electron chi connectivity index (χ2n) is 4.69. The summed E-state index contributed by atoms with van der Waals surface area (Å²) in [6, 6.07) is 6.43. The van der Waals surface area contributed by atoms with E-state index >= 15 is 0 Å². The molecule has 1 heterocycles. The number of carbonyl (C=O) groups excluding carboxylic acids is 2. The molecule has 0 bridgehead atoms. The SMILES string of the molecule is O=C(CN1CC(O)C(O)C1)NC(=O)c1ccccc1Cl. The molecule has 0 aromatic heterocycles. The smallest absolute Gasteiger partial charge is 0.259 e. The van der Waals surface area contributed by atoms with Crippen LogP contribution in [-0.4, -0.2) is 58.8 Å². The third kappa shape index (κ3) is 3.55. The van der Waals surface area contributed by atoms with Crippen molar-refractivity contribution in [2.75, 3.05) is 19.6 Å². The lowest BCUT2D eigenvalue weighted by Gasteiger charge is -2.13. The maximum atomic E-state index is 11.8. The lowest BCUT2D eigenvalue weighted by Crippen LogP contribution is -2.39. The summed E-state index contributed by atoms with van der Waals surface area (Å²) in [7, 11) is 0. The van der Waals surface area contributed by atoms with Gasteiger partial charge in [-0.15, -0.1) is 0 Å². The van der Waals surface area contributed by atoms with Gasteiger partial charge in [0.05, 0.1) is 29.3 Å². The van der Waals surface area contributed by atoms with E-state index in [9.17, 15) is 19.8 Å². The van der Waals surface area contributed by atoms with Crippen LogP contribution in [-0.2, 0) is 4.79 Å². The highest BCUT2D eigenvalue weighted by atomic mass is 35.5. The van der Waals surface area contributed by atoms with E-state index in [-0.39, 0.29) is 30.2 Å². The van der Waals surface area contributed by atoms with Crippen molar-refractivity contribution in [1.82, 2.24) is 10.2 Å². The predicted molar refractivity (Wildman–Crippen MR) is 72.4 cm³/mol. The van der Waals surface area contributed by atoms with E-state index in [1.807, 2.05) is 0 Å². The molecular formula is C13H15ClN2O4. The molecule has 1 saturated heterocycles. The molecule has 6 nitrogen and oxygen atoms in total. The molecule has 1 fully saturated rings. The maximum Gasteiger partial charge on any atom is 0.259 e. The fraction of sp³-hybridized carbons (Fsp3) is 0.385. The van der Waals surface area contributed by atoms with Crippen LogP contribution in [0.1, 0.15) is 10.4 Å². The summed E-state index contributed by atoms with van der Waals surface area (Å²) in [5, 5.41) is 21.2. The zero-order valence-corrected chi connectivity index (χ0v) is 11.4. The first-order valence-electron chi connectivity index (χ1n) is 6.14. The number of carbonyl (C=O) groups is 2. The maximum absolute atomic E-state index is 11.8. The quantitative estimate of drug-likeness (QED) is 0.709. The molecule has 2 amide bonds. The van der Waals surface area contributed by atoms with Crippen molar-refractivity contribution in [1.29, 1.82) is 0 Å². The Morgan fingerprint density at radius 3 is 2.45 bits per heavy atom. The second kappa shape index (κ2) is 6.32. The molecule has 3 N–H and O–H groups in total. The lowest BCUT2D eigenvalue weighted by molar-refractivity contribution is -0.121. The average molecular weight is 299 g/mol. The number of halogens is 1. The minimum atomic E-state index is -0.859. The first-order chi connectivity index (χ1) is 9.47. The summed E-state index contributed by atoms with van der Waals surface area (Å²) in [5.41, 5.74) is 0.226. The number of nitrogens with one attached hydrogen (secondary N) is 1. The van der Waals surface area contributed by atoms with Crippen molar-refractivity contribution >= 4 is 23.4 Å². The first-order valence-corrected chi connectivity index (χ1v) is 6.52. The minimum Gasteiger partial charge on any atom is -0.389 e. The van der Waals surface area contributed by atoms with Crippen molar-refractivity contribution in [2.24, 2.45) is 0 Å². The molecule has 7 heteroatoms. The molecule has 2 atom stereocenters. The average Bonchev–Trinajstić information content (AvgIpc) is 2.68. The summed E-state index contributed by atoms with van der Waals surface area (Å²) >= 11 is 5.86. The van der Waals surface area contributed by atoms with Gasteiger partial charge in [-0.05, 0) is 12.1 Å². The molecular weight excluding hydrogens is 284 g/mol. The Hall–Kier alpha value is -1.47. The van der Waals surface area contributed by atoms with E-state index < -0.39 is 24.0 Å². The van der Waals surface area contributed by atoms with Crippen molar-refractivity contribution in [2.45, 2.75) is 12.2 Å². The number of β-amino-alcohol motifs (C(OH)–C–C–N with tert-alkyl or cyclic N) is 2. The largest absolute Gasteiger partial charge is 0.389 e. The van der Waals surface area contributed by atoms with E-state index in [1.54, 1.807) is 23.1 Å². The van der Waals surface area contributed by atoms with Crippen molar-refractivity contribution in [3.8, 4) is 0 Å². The third-order valence-corrected chi connectivity index (χ3v) is 3.40. The van der Waals surface area contributed by atoms with E-state index in [2.05, 4.69) is 5.32 Å². The number of hydrogen-bond donors (Lipinski definition) is 3. The number of benzene rings is 1. The number of imide groups is 1. The van der Waals surface area contributed by atoms with Gasteiger partial charge in [0.15, 0.2) is 0 Å². The van der Waals surface area contributed by atoms with E-state index in [4.69, 9.17) is 11.6 Å². The number of likely N-dealkylation sites (tertiary alicyclic amines) is 1. The van der Waals surface area contributed by atoms with Gasteiger partial charge in [0.1, 0.15) is 0 Å². The Morgan fingerprint density at radius 2 is 1.85 bits per heavy atom. The van der Waals surface area contributed by atoms with E-state index in [0.29, 0.717) is 0 Å². The van der Waals surface area contributed by atoms with Crippen LogP contribution in [0.5, 0.6) is 0 Å². The van der Waals surface area contributed by atoms with Crippen LogP contribution in [0.3, 0.4) is 0 Å². The van der Waals surface area contributed by atoms with Gasteiger partial charge in [0.2, 0.25) is 5.91 Å². The standard InChI is InChI=1S/C13H15ClN2O4/c14-9-4-2-1-3-8(9)13(20)15-12(19)7-16-5-10(17)11(18)6-16/h1-4,10-11,17-18H,5-7H2,(H,15,19,20). The number of amides is 2. The van der Waals surface area contributed by atoms with Crippen LogP contribution in [0.2, 0.25) is 5.02 Å². The van der Waals surface area contributed by atoms with Crippen LogP contribution in [0, 0.1) is 0 Å². The van der Waals surface area contributed by atoms with Crippen LogP contribution in [0.4, 0.5) is 0 Å². The van der Waals surface area contributed by atoms with Crippen LogP contribution in [0.25, 0.3) is 0 Å². The molecule has 108 valence electrons. The van der Waals surface area contributed by atoms with Gasteiger partial charge in [0, 0.05) is 13.1 Å². The second-order valence-corrected chi connectivity index (χ2v) is 5.09. The fourth-order valence-electron chi connectivity index (χ4n) is 2.06.